The summed E-state index contributed by atoms with van der Waals surface area (Å²) in [7, 11) is 0. The second-order valence-electron chi connectivity index (χ2n) is 6.65. The normalized spacial score (nSPS) is 10.7. The number of aromatic nitrogens is 2. The fraction of sp³-hybridized carbons (Fsp3) is 0.0952. The standard InChI is InChI=1S/C21H16N4O6/c1-13-10-19(24(23-13)15-4-6-16(7-5-15)25(28)29)22-20(26)12-30-17-8-2-14-3-9-21(27)31-18(14)11-17/h2-11H,12H2,1H3,(H,22,26). The number of nitrogens with zero attached hydrogens (tertiary/aromatic N) is 3. The lowest BCUT2D eigenvalue weighted by atomic mass is 10.2. The highest BCUT2D eigenvalue weighted by molar-refractivity contribution is 5.91. The Hall–Kier alpha value is -4.47. The van der Waals surface area contributed by atoms with Gasteiger partial charge in [-0.1, -0.05) is 0 Å². The summed E-state index contributed by atoms with van der Waals surface area (Å²) in [5.41, 5.74) is 1.05. The molecule has 0 saturated heterocycles. The Morgan fingerprint density at radius 1 is 1.16 bits per heavy atom. The van der Waals surface area contributed by atoms with Gasteiger partial charge in [0.1, 0.15) is 17.2 Å². The van der Waals surface area contributed by atoms with Crippen LogP contribution in [-0.4, -0.2) is 27.2 Å². The number of nitro groups is 1. The van der Waals surface area contributed by atoms with Gasteiger partial charge in [-0.3, -0.25) is 14.9 Å². The van der Waals surface area contributed by atoms with Gasteiger partial charge in [-0.2, -0.15) is 5.10 Å². The van der Waals surface area contributed by atoms with Crippen LogP contribution in [0.15, 0.2) is 69.9 Å². The smallest absolute Gasteiger partial charge is 0.336 e. The zero-order valence-corrected chi connectivity index (χ0v) is 16.3. The third kappa shape index (κ3) is 4.42. The van der Waals surface area contributed by atoms with Gasteiger partial charge in [0.15, 0.2) is 6.61 Å². The van der Waals surface area contributed by atoms with Gasteiger partial charge in [-0.05, 0) is 37.3 Å². The number of hydrogen-bond donors (Lipinski definition) is 1. The molecule has 2 aromatic heterocycles. The summed E-state index contributed by atoms with van der Waals surface area (Å²) in [6.07, 6.45) is 0. The highest BCUT2D eigenvalue weighted by atomic mass is 16.6. The fourth-order valence-electron chi connectivity index (χ4n) is 2.96. The summed E-state index contributed by atoms with van der Waals surface area (Å²) in [6.45, 7) is 1.48. The molecule has 0 spiro atoms. The lowest BCUT2D eigenvalue weighted by Crippen LogP contribution is -2.21. The van der Waals surface area contributed by atoms with E-state index in [0.29, 0.717) is 28.5 Å². The first-order chi connectivity index (χ1) is 14.9. The fourth-order valence-corrected chi connectivity index (χ4v) is 2.96. The maximum Gasteiger partial charge on any atom is 0.336 e. The molecule has 0 bridgehead atoms. The monoisotopic (exact) mass is 420 g/mol. The quantitative estimate of drug-likeness (QED) is 0.288. The molecule has 10 heteroatoms. The molecule has 0 saturated carbocycles. The number of carbonyl (C=O) groups is 1. The second-order valence-corrected chi connectivity index (χ2v) is 6.65. The number of benzene rings is 2. The first-order valence-corrected chi connectivity index (χ1v) is 9.17. The molecule has 31 heavy (non-hydrogen) atoms. The van der Waals surface area contributed by atoms with Crippen LogP contribution in [0.3, 0.4) is 0 Å². The van der Waals surface area contributed by atoms with E-state index in [1.807, 2.05) is 0 Å². The summed E-state index contributed by atoms with van der Waals surface area (Å²) in [4.78, 5) is 34.1. The highest BCUT2D eigenvalue weighted by Gasteiger charge is 2.13. The van der Waals surface area contributed by atoms with E-state index in [0.717, 1.165) is 5.39 Å². The number of amides is 1. The lowest BCUT2D eigenvalue weighted by molar-refractivity contribution is -0.384. The Labute approximate surface area is 174 Å². The van der Waals surface area contributed by atoms with E-state index in [1.54, 1.807) is 43.3 Å². The minimum absolute atomic E-state index is 0.0437. The van der Waals surface area contributed by atoms with Crippen molar-refractivity contribution in [1.29, 1.82) is 0 Å². The third-order valence-corrected chi connectivity index (χ3v) is 4.37. The molecule has 0 aliphatic rings. The number of carbonyl (C=O) groups excluding carboxylic acids is 1. The molecule has 1 amide bonds. The minimum atomic E-state index is -0.490. The molecule has 0 fully saturated rings. The number of anilines is 1. The van der Waals surface area contributed by atoms with Crippen LogP contribution < -0.4 is 15.7 Å². The van der Waals surface area contributed by atoms with Crippen molar-refractivity contribution in [1.82, 2.24) is 9.78 Å². The van der Waals surface area contributed by atoms with Crippen LogP contribution in [0.4, 0.5) is 11.5 Å². The predicted molar refractivity (Wildman–Crippen MR) is 112 cm³/mol. The molecule has 0 aliphatic heterocycles. The van der Waals surface area contributed by atoms with E-state index in [2.05, 4.69) is 10.4 Å². The average Bonchev–Trinajstić information content (AvgIpc) is 3.11. The van der Waals surface area contributed by atoms with Crippen LogP contribution in [0.25, 0.3) is 16.7 Å². The van der Waals surface area contributed by atoms with Gasteiger partial charge in [0.05, 0.1) is 16.3 Å². The van der Waals surface area contributed by atoms with Gasteiger partial charge in [0.25, 0.3) is 11.6 Å². The molecule has 2 heterocycles. The van der Waals surface area contributed by atoms with Gasteiger partial charge in [0.2, 0.25) is 0 Å². The number of fused-ring (bicyclic) bond motifs is 1. The molecule has 0 atom stereocenters. The van der Waals surface area contributed by atoms with Gasteiger partial charge in [0, 0.05) is 35.7 Å². The number of nitrogens with one attached hydrogen (secondary N) is 1. The van der Waals surface area contributed by atoms with Crippen LogP contribution in [0.1, 0.15) is 5.69 Å². The van der Waals surface area contributed by atoms with Crippen molar-refractivity contribution in [3.8, 4) is 11.4 Å². The Morgan fingerprint density at radius 2 is 1.90 bits per heavy atom. The number of hydrogen-bond acceptors (Lipinski definition) is 7. The van der Waals surface area contributed by atoms with E-state index in [-0.39, 0.29) is 12.3 Å². The zero-order chi connectivity index (χ0) is 22.0. The first kappa shape index (κ1) is 19.8. The molecule has 10 nitrogen and oxygen atoms in total. The Bertz CT molecular complexity index is 1340. The molecule has 156 valence electrons. The van der Waals surface area contributed by atoms with Gasteiger partial charge in [-0.25, -0.2) is 9.48 Å². The van der Waals surface area contributed by atoms with Crippen LogP contribution >= 0.6 is 0 Å². The first-order valence-electron chi connectivity index (χ1n) is 9.17. The highest BCUT2D eigenvalue weighted by Crippen LogP contribution is 2.21. The largest absolute Gasteiger partial charge is 0.484 e. The van der Waals surface area contributed by atoms with Gasteiger partial charge >= 0.3 is 5.63 Å². The second kappa shape index (κ2) is 8.11. The molecule has 4 rings (SSSR count). The van der Waals surface area contributed by atoms with Crippen molar-refractivity contribution >= 4 is 28.4 Å². The van der Waals surface area contributed by atoms with Crippen LogP contribution in [-0.2, 0) is 4.79 Å². The maximum atomic E-state index is 12.4. The summed E-state index contributed by atoms with van der Waals surface area (Å²) in [5.74, 6) is 0.333. The molecule has 4 aromatic rings. The van der Waals surface area contributed by atoms with Crippen molar-refractivity contribution in [2.24, 2.45) is 0 Å². The van der Waals surface area contributed by atoms with Crippen molar-refractivity contribution in [2.75, 3.05) is 11.9 Å². The van der Waals surface area contributed by atoms with E-state index in [1.165, 1.54) is 28.9 Å². The summed E-state index contributed by atoms with van der Waals surface area (Å²) < 4.78 is 12.1. The average molecular weight is 420 g/mol. The third-order valence-electron chi connectivity index (χ3n) is 4.37. The van der Waals surface area contributed by atoms with Crippen LogP contribution in [0.5, 0.6) is 5.75 Å². The van der Waals surface area contributed by atoms with E-state index < -0.39 is 16.5 Å². The van der Waals surface area contributed by atoms with E-state index >= 15 is 0 Å². The molecular formula is C21H16N4O6. The number of rotatable bonds is 6. The topological polar surface area (TPSA) is 130 Å². The molecule has 0 radical (unpaired) electrons. The zero-order valence-electron chi connectivity index (χ0n) is 16.3. The molecule has 0 unspecified atom stereocenters. The van der Waals surface area contributed by atoms with E-state index in [9.17, 15) is 19.7 Å². The molecule has 1 N–H and O–H groups in total. The summed E-state index contributed by atoms with van der Waals surface area (Å²) in [5, 5.41) is 18.6. The molecular weight excluding hydrogens is 404 g/mol. The number of aryl methyl sites for hydroxylation is 1. The molecule has 0 aliphatic carbocycles. The number of non-ortho nitro benzene ring substituents is 1. The summed E-state index contributed by atoms with van der Waals surface area (Å²) >= 11 is 0. The Balaban J connectivity index is 1.46. The predicted octanol–water partition coefficient (Wildman–Crippen LogP) is 3.21. The van der Waals surface area contributed by atoms with Gasteiger partial charge in [-0.15, -0.1) is 0 Å². The van der Waals surface area contributed by atoms with Crippen molar-refractivity contribution in [3.63, 3.8) is 0 Å². The Morgan fingerprint density at radius 3 is 2.65 bits per heavy atom. The van der Waals surface area contributed by atoms with E-state index in [4.69, 9.17) is 9.15 Å². The number of ether oxygens (including phenoxy) is 1. The number of nitro benzene ring substituents is 1. The summed E-state index contributed by atoms with van der Waals surface area (Å²) in [6, 6.07) is 15.4. The lowest BCUT2D eigenvalue weighted by Gasteiger charge is -2.10. The van der Waals surface area contributed by atoms with Gasteiger partial charge < -0.3 is 14.5 Å². The minimum Gasteiger partial charge on any atom is -0.484 e. The molecule has 2 aromatic carbocycles. The van der Waals surface area contributed by atoms with Crippen molar-refractivity contribution in [2.45, 2.75) is 6.92 Å². The SMILES string of the molecule is Cc1cc(NC(=O)COc2ccc3ccc(=O)oc3c2)n(-c2ccc([N+](=O)[O-])cc2)n1. The van der Waals surface area contributed by atoms with Crippen LogP contribution in [0, 0.1) is 17.0 Å². The maximum absolute atomic E-state index is 12.4. The van der Waals surface area contributed by atoms with Crippen molar-refractivity contribution < 1.29 is 18.9 Å². The van der Waals surface area contributed by atoms with Crippen molar-refractivity contribution in [3.05, 3.63) is 86.9 Å². The van der Waals surface area contributed by atoms with Crippen LogP contribution in [0.2, 0.25) is 0 Å². The Kier molecular flexibility index (Phi) is 5.19.